The number of benzene rings is 13. The van der Waals surface area contributed by atoms with E-state index in [-0.39, 0.29) is 56.0 Å². The first-order chi connectivity index (χ1) is 51.2. The van der Waals surface area contributed by atoms with Crippen molar-refractivity contribution in [3.8, 4) is 46.0 Å². The van der Waals surface area contributed by atoms with Crippen LogP contribution in [0.2, 0.25) is 0 Å². The molecule has 4 aliphatic rings. The van der Waals surface area contributed by atoms with Gasteiger partial charge in [0, 0.05) is 54.5 Å². The molecule has 2 aliphatic heterocycles. The number of anilines is 2. The molecule has 14 nitrogen and oxygen atoms in total. The summed E-state index contributed by atoms with van der Waals surface area (Å²) in [5, 5.41) is 12.8. The molecule has 14 heteroatoms. The van der Waals surface area contributed by atoms with E-state index in [1.54, 1.807) is 24.3 Å². The van der Waals surface area contributed by atoms with Gasteiger partial charge in [-0.05, 0) is 256 Å². The maximum absolute atomic E-state index is 16.8. The second-order valence-corrected chi connectivity index (χ2v) is 30.1. The molecule has 2 atom stereocenters. The smallest absolute Gasteiger partial charge is 0.262 e. The van der Waals surface area contributed by atoms with Crippen LogP contribution in [0.15, 0.2) is 182 Å². The highest BCUT2D eigenvalue weighted by Crippen LogP contribution is 2.59. The Labute approximate surface area is 614 Å². The van der Waals surface area contributed by atoms with Crippen LogP contribution in [0.1, 0.15) is 150 Å². The third-order valence-electron chi connectivity index (χ3n) is 22.0. The molecule has 13 aromatic carbocycles. The minimum Gasteiger partial charge on any atom is -0.457 e. The first-order valence-corrected chi connectivity index (χ1v) is 37.0. The Kier molecular flexibility index (Phi) is 16.9. The molecular weight excluding hydrogens is 1320 g/mol. The quantitative estimate of drug-likeness (QED) is 0.0539. The highest BCUT2D eigenvalue weighted by Gasteiger charge is 2.49. The Balaban J connectivity index is 0.991. The summed E-state index contributed by atoms with van der Waals surface area (Å²) < 4.78 is 29.8. The van der Waals surface area contributed by atoms with E-state index in [0.29, 0.717) is 92.4 Å². The van der Waals surface area contributed by atoms with Crippen molar-refractivity contribution in [3.63, 3.8) is 0 Å². The fourth-order valence-electron chi connectivity index (χ4n) is 17.8. The number of rotatable bonds is 16. The highest BCUT2D eigenvalue weighted by atomic mass is 16.5. The van der Waals surface area contributed by atoms with Gasteiger partial charge < -0.3 is 29.6 Å². The van der Waals surface area contributed by atoms with Gasteiger partial charge in [0.2, 0.25) is 11.8 Å². The summed E-state index contributed by atoms with van der Waals surface area (Å²) in [4.78, 5) is 101. The number of hydrogen-bond donors (Lipinski definition) is 2. The van der Waals surface area contributed by atoms with E-state index < -0.39 is 59.4 Å². The number of carbonyl (C=O) groups excluding carboxylic acids is 6. The summed E-state index contributed by atoms with van der Waals surface area (Å²) >= 11 is 0. The normalized spacial score (nSPS) is 15.5. The maximum atomic E-state index is 16.8. The molecule has 13 aromatic rings. The van der Waals surface area contributed by atoms with Gasteiger partial charge in [-0.2, -0.15) is 0 Å². The van der Waals surface area contributed by atoms with Crippen molar-refractivity contribution in [3.05, 3.63) is 249 Å². The molecule has 2 aliphatic carbocycles. The summed E-state index contributed by atoms with van der Waals surface area (Å²) in [6.07, 6.45) is 7.44. The van der Waals surface area contributed by atoms with Crippen LogP contribution in [0, 0.1) is 67.2 Å². The van der Waals surface area contributed by atoms with Crippen molar-refractivity contribution in [2.45, 2.75) is 132 Å². The lowest BCUT2D eigenvalue weighted by Gasteiger charge is -2.39. The summed E-state index contributed by atoms with van der Waals surface area (Å²) in [6.45, 7) is 15.8. The second kappa shape index (κ2) is 26.7. The molecular formula is C92H80N4O10. The van der Waals surface area contributed by atoms with E-state index in [1.165, 1.54) is 9.80 Å². The minimum absolute atomic E-state index is 0.0885. The molecule has 6 amide bonds. The number of fused-ring (bicyclic) bond motifs is 4. The molecule has 2 N–H and O–H groups in total. The topological polar surface area (TPSA) is 170 Å². The molecule has 0 radical (unpaired) electrons. The highest BCUT2D eigenvalue weighted by molar-refractivity contribution is 6.45. The van der Waals surface area contributed by atoms with Crippen LogP contribution in [0.25, 0.3) is 64.6 Å². The van der Waals surface area contributed by atoms with Crippen LogP contribution in [-0.4, -0.2) is 57.3 Å². The lowest BCUT2D eigenvalue weighted by Crippen LogP contribution is -2.55. The van der Waals surface area contributed by atoms with Crippen LogP contribution < -0.4 is 29.6 Å². The fraction of sp³-hybridized carbons (Fsp3) is 0.239. The van der Waals surface area contributed by atoms with Gasteiger partial charge in [0.05, 0.1) is 22.3 Å². The standard InChI is InChI=1S/C92H80N4O10/c1-49-31-50(2)36-65(35-49)103-73-45-69-77-70(90(100)95(89(69)99)85(59-21-11-9-12-22-59)87(97)93-63-29-27-57-19-15-17-25-61(57)43-63)47-75(105-67-39-53(5)33-54(6)40-67)81-82-76(106-68-41-55(7)34-56(8)42-68)48-72-78-71(46-74(80(84(78)82)79(73)83(77)81)104-66-37-51(3)32-52(4)38-66)91(101)96(92(72)102)86(60-23-13-10-14-24-60)88(98)94-64-30-28-58-20-16-18-26-62(58)44-64/h15-20,25-48,59-60,85-86H,9-14,21-24H2,1-8H3,(H,93,97)(H,94,98). The molecule has 2 unspecified atom stereocenters. The molecule has 528 valence electrons. The number of amides is 6. The van der Waals surface area contributed by atoms with Crippen LogP contribution in [-0.2, 0) is 9.59 Å². The zero-order chi connectivity index (χ0) is 73.1. The number of carbonyl (C=O) groups is 6. The lowest BCUT2D eigenvalue weighted by molar-refractivity contribution is -0.122. The second-order valence-electron chi connectivity index (χ2n) is 30.1. The molecule has 17 rings (SSSR count). The molecule has 2 heterocycles. The fourth-order valence-corrected chi connectivity index (χ4v) is 17.8. The summed E-state index contributed by atoms with van der Waals surface area (Å²) in [7, 11) is 0. The first-order valence-electron chi connectivity index (χ1n) is 37.0. The number of nitrogens with one attached hydrogen (secondary N) is 2. The Morgan fingerprint density at radius 3 is 0.849 bits per heavy atom. The van der Waals surface area contributed by atoms with Crippen molar-refractivity contribution in [2.24, 2.45) is 11.8 Å². The average Bonchev–Trinajstić information content (AvgIpc) is 0.670. The van der Waals surface area contributed by atoms with Gasteiger partial charge in [0.1, 0.15) is 58.1 Å². The Hall–Kier alpha value is -11.9. The number of hydrogen-bond acceptors (Lipinski definition) is 10. The van der Waals surface area contributed by atoms with Gasteiger partial charge in [-0.25, -0.2) is 0 Å². The van der Waals surface area contributed by atoms with E-state index in [1.807, 2.05) is 213 Å². The third-order valence-corrected chi connectivity index (χ3v) is 22.0. The summed E-state index contributed by atoms with van der Waals surface area (Å²) in [6, 6.07) is 54.8. The van der Waals surface area contributed by atoms with E-state index in [9.17, 15) is 0 Å². The molecule has 0 saturated heterocycles. The van der Waals surface area contributed by atoms with Crippen LogP contribution in [0.3, 0.4) is 0 Å². The molecule has 2 fully saturated rings. The molecule has 0 bridgehead atoms. The maximum Gasteiger partial charge on any atom is 0.262 e. The van der Waals surface area contributed by atoms with E-state index >= 15 is 28.8 Å². The Morgan fingerprint density at radius 2 is 0.575 bits per heavy atom. The number of nitrogens with zero attached hydrogens (tertiary/aromatic N) is 2. The largest absolute Gasteiger partial charge is 0.457 e. The zero-order valence-electron chi connectivity index (χ0n) is 60.7. The zero-order valence-corrected chi connectivity index (χ0v) is 60.7. The number of aryl methyl sites for hydroxylation is 8. The van der Waals surface area contributed by atoms with Crippen molar-refractivity contribution < 1.29 is 47.7 Å². The summed E-state index contributed by atoms with van der Waals surface area (Å²) in [5.41, 5.74) is 8.57. The monoisotopic (exact) mass is 1400 g/mol. The van der Waals surface area contributed by atoms with E-state index in [2.05, 4.69) is 10.6 Å². The SMILES string of the molecule is Cc1cc(C)cc(Oc2cc3c4c(cc(Oc5cc(C)cc(C)c5)c5c6c(Oc7cc(C)cc(C)c7)cc7c8c(cc(Oc9cc(C)cc(C)c9)c(c2c45)c86)C(=O)N(C(C(=O)Nc2ccc4ccccc4c2)C2CCCCC2)C7=O)C(=O)N(C(C(=O)Nc2ccc4ccccc4c2)C2CCCCC2)C3=O)c1. The molecule has 0 spiro atoms. The number of imide groups is 2. The predicted molar refractivity (Wildman–Crippen MR) is 418 cm³/mol. The van der Waals surface area contributed by atoms with Gasteiger partial charge in [-0.15, -0.1) is 0 Å². The summed E-state index contributed by atoms with van der Waals surface area (Å²) in [5.74, 6) is -2.26. The van der Waals surface area contributed by atoms with Gasteiger partial charge in [0.25, 0.3) is 23.6 Å². The van der Waals surface area contributed by atoms with Crippen molar-refractivity contribution in [1.29, 1.82) is 0 Å². The molecule has 2 saturated carbocycles. The van der Waals surface area contributed by atoms with Gasteiger partial charge in [-0.3, -0.25) is 38.6 Å². The van der Waals surface area contributed by atoms with Gasteiger partial charge in [-0.1, -0.05) is 123 Å². The van der Waals surface area contributed by atoms with Crippen molar-refractivity contribution in [2.75, 3.05) is 10.6 Å². The van der Waals surface area contributed by atoms with Crippen LogP contribution in [0.5, 0.6) is 46.0 Å². The van der Waals surface area contributed by atoms with Gasteiger partial charge >= 0.3 is 0 Å². The lowest BCUT2D eigenvalue weighted by atomic mass is 9.78. The van der Waals surface area contributed by atoms with Crippen LogP contribution >= 0.6 is 0 Å². The Bertz CT molecular complexity index is 5250. The minimum atomic E-state index is -1.26. The van der Waals surface area contributed by atoms with E-state index in [4.69, 9.17) is 18.9 Å². The first kappa shape index (κ1) is 67.3. The van der Waals surface area contributed by atoms with E-state index in [0.717, 1.165) is 105 Å². The third kappa shape index (κ3) is 12.0. The average molecular weight is 1400 g/mol. The molecule has 106 heavy (non-hydrogen) atoms. The molecule has 0 aromatic heterocycles. The predicted octanol–water partition coefficient (Wildman–Crippen LogP) is 22.0. The number of ether oxygens (including phenoxy) is 4. The Morgan fingerprint density at radius 1 is 0.311 bits per heavy atom. The van der Waals surface area contributed by atoms with Crippen molar-refractivity contribution in [1.82, 2.24) is 9.80 Å². The van der Waals surface area contributed by atoms with Crippen molar-refractivity contribution >= 4 is 111 Å². The van der Waals surface area contributed by atoms with Crippen LogP contribution in [0.4, 0.5) is 11.4 Å². The van der Waals surface area contributed by atoms with Gasteiger partial charge in [0.15, 0.2) is 0 Å².